The van der Waals surface area contributed by atoms with Gasteiger partial charge in [-0.2, -0.15) is 4.98 Å². The van der Waals surface area contributed by atoms with Gasteiger partial charge in [0.1, 0.15) is 5.82 Å². The zero-order chi connectivity index (χ0) is 21.6. The summed E-state index contributed by atoms with van der Waals surface area (Å²) in [5.41, 5.74) is 0.913. The fourth-order valence-corrected chi connectivity index (χ4v) is 3.24. The molecule has 2 aromatic heterocycles. The van der Waals surface area contributed by atoms with Crippen LogP contribution in [0.2, 0.25) is 0 Å². The van der Waals surface area contributed by atoms with Gasteiger partial charge < -0.3 is 23.5 Å². The molecular weight excluding hydrogens is 407 g/mol. The Hall–Kier alpha value is -3.69. The SMILES string of the molecule is O=C(CCc1nc(-c2ccco2)no1)OCC(=O)N1CCN(c2ccc(F)cc2)CC1. The van der Waals surface area contributed by atoms with Gasteiger partial charge in [0.05, 0.1) is 12.7 Å². The van der Waals surface area contributed by atoms with E-state index in [1.54, 1.807) is 29.2 Å². The predicted molar refractivity (Wildman–Crippen MR) is 106 cm³/mol. The largest absolute Gasteiger partial charge is 0.461 e. The molecule has 0 aliphatic carbocycles. The van der Waals surface area contributed by atoms with Gasteiger partial charge in [0.25, 0.3) is 5.91 Å². The second kappa shape index (κ2) is 9.41. The van der Waals surface area contributed by atoms with Crippen molar-refractivity contribution in [2.24, 2.45) is 0 Å². The molecule has 0 bridgehead atoms. The van der Waals surface area contributed by atoms with Crippen LogP contribution in [0.5, 0.6) is 0 Å². The molecule has 9 nitrogen and oxygen atoms in total. The molecule has 1 aliphatic rings. The van der Waals surface area contributed by atoms with E-state index in [1.165, 1.54) is 18.4 Å². The molecule has 1 aliphatic heterocycles. The van der Waals surface area contributed by atoms with Crippen molar-refractivity contribution in [2.45, 2.75) is 12.8 Å². The molecule has 0 N–H and O–H groups in total. The van der Waals surface area contributed by atoms with Crippen molar-refractivity contribution in [1.82, 2.24) is 15.0 Å². The van der Waals surface area contributed by atoms with Crippen LogP contribution in [0.4, 0.5) is 10.1 Å². The van der Waals surface area contributed by atoms with Gasteiger partial charge in [0.15, 0.2) is 12.4 Å². The Kier molecular flexibility index (Phi) is 6.25. The highest BCUT2D eigenvalue weighted by atomic mass is 19.1. The minimum Gasteiger partial charge on any atom is -0.461 e. The topological polar surface area (TPSA) is 102 Å². The van der Waals surface area contributed by atoms with Crippen molar-refractivity contribution in [3.63, 3.8) is 0 Å². The van der Waals surface area contributed by atoms with Crippen molar-refractivity contribution in [3.8, 4) is 11.6 Å². The molecule has 3 aromatic rings. The van der Waals surface area contributed by atoms with Crippen LogP contribution >= 0.6 is 0 Å². The van der Waals surface area contributed by atoms with Crippen LogP contribution in [-0.2, 0) is 20.7 Å². The minimum absolute atomic E-state index is 0.0193. The van der Waals surface area contributed by atoms with Crippen molar-refractivity contribution >= 4 is 17.6 Å². The minimum atomic E-state index is -0.518. The second-order valence-corrected chi connectivity index (χ2v) is 6.99. The number of carbonyl (C=O) groups is 2. The Morgan fingerprint density at radius 3 is 2.58 bits per heavy atom. The molecule has 10 heteroatoms. The number of esters is 1. The van der Waals surface area contributed by atoms with E-state index in [4.69, 9.17) is 13.7 Å². The highest BCUT2D eigenvalue weighted by Crippen LogP contribution is 2.18. The maximum Gasteiger partial charge on any atom is 0.306 e. The Bertz CT molecular complexity index is 1010. The monoisotopic (exact) mass is 428 g/mol. The van der Waals surface area contributed by atoms with Crippen LogP contribution in [-0.4, -0.2) is 59.7 Å². The average Bonchev–Trinajstić information content (AvgIpc) is 3.49. The number of nitrogens with zero attached hydrogens (tertiary/aromatic N) is 4. The van der Waals surface area contributed by atoms with Crippen LogP contribution < -0.4 is 4.90 Å². The fraction of sp³-hybridized carbons (Fsp3) is 0.333. The number of aromatic nitrogens is 2. The summed E-state index contributed by atoms with van der Waals surface area (Å²) in [5.74, 6) is 0.0232. The number of halogens is 1. The normalized spacial score (nSPS) is 14.0. The van der Waals surface area contributed by atoms with Gasteiger partial charge in [-0.15, -0.1) is 0 Å². The summed E-state index contributed by atoms with van der Waals surface area (Å²) in [6, 6.07) is 9.68. The number of amides is 1. The number of anilines is 1. The van der Waals surface area contributed by atoms with Gasteiger partial charge in [-0.25, -0.2) is 4.39 Å². The summed E-state index contributed by atoms with van der Waals surface area (Å²) in [4.78, 5) is 32.2. The van der Waals surface area contributed by atoms with Crippen LogP contribution in [0.3, 0.4) is 0 Å². The molecule has 0 unspecified atom stereocenters. The average molecular weight is 428 g/mol. The number of furan rings is 1. The lowest BCUT2D eigenvalue weighted by molar-refractivity contribution is -0.152. The zero-order valence-electron chi connectivity index (χ0n) is 16.7. The number of aryl methyl sites for hydroxylation is 1. The van der Waals surface area contributed by atoms with E-state index in [1.807, 2.05) is 0 Å². The number of piperazine rings is 1. The molecule has 0 radical (unpaired) electrons. The summed E-state index contributed by atoms with van der Waals surface area (Å²) >= 11 is 0. The van der Waals surface area contributed by atoms with E-state index in [-0.39, 0.29) is 37.1 Å². The summed E-state index contributed by atoms with van der Waals surface area (Å²) in [5, 5.41) is 3.79. The van der Waals surface area contributed by atoms with Gasteiger partial charge in [-0.3, -0.25) is 9.59 Å². The molecule has 0 saturated carbocycles. The Labute approximate surface area is 177 Å². The predicted octanol–water partition coefficient (Wildman–Crippen LogP) is 2.29. The smallest absolute Gasteiger partial charge is 0.306 e. The maximum atomic E-state index is 13.1. The van der Waals surface area contributed by atoms with Crippen LogP contribution in [0.15, 0.2) is 51.6 Å². The number of hydrogen-bond acceptors (Lipinski definition) is 8. The molecule has 1 saturated heterocycles. The molecule has 3 heterocycles. The standard InChI is InChI=1S/C21H21FN4O5/c22-15-3-5-16(6-4-15)25-9-11-26(12-10-25)19(27)14-30-20(28)8-7-18-23-21(24-31-18)17-2-1-13-29-17/h1-6,13H,7-12,14H2. The Balaban J connectivity index is 1.17. The summed E-state index contributed by atoms with van der Waals surface area (Å²) in [6.07, 6.45) is 1.73. The molecule has 0 atom stereocenters. The molecule has 162 valence electrons. The molecule has 4 rings (SSSR count). The van der Waals surface area contributed by atoms with E-state index < -0.39 is 5.97 Å². The first kappa shape index (κ1) is 20.6. The Morgan fingerprint density at radius 2 is 1.87 bits per heavy atom. The first-order chi connectivity index (χ1) is 15.1. The summed E-state index contributed by atoms with van der Waals surface area (Å²) in [6.45, 7) is 1.95. The van der Waals surface area contributed by atoms with Crippen molar-refractivity contribution in [2.75, 3.05) is 37.7 Å². The van der Waals surface area contributed by atoms with E-state index in [0.717, 1.165) is 5.69 Å². The van der Waals surface area contributed by atoms with Crippen molar-refractivity contribution in [1.29, 1.82) is 0 Å². The Morgan fingerprint density at radius 1 is 1.10 bits per heavy atom. The summed E-state index contributed by atoms with van der Waals surface area (Å²) in [7, 11) is 0. The molecule has 1 aromatic carbocycles. The number of rotatable bonds is 7. The second-order valence-electron chi connectivity index (χ2n) is 6.99. The third-order valence-corrected chi connectivity index (χ3v) is 4.93. The number of ether oxygens (including phenoxy) is 1. The van der Waals surface area contributed by atoms with E-state index >= 15 is 0 Å². The van der Waals surface area contributed by atoms with Crippen LogP contribution in [0.25, 0.3) is 11.6 Å². The lowest BCUT2D eigenvalue weighted by Gasteiger charge is -2.36. The van der Waals surface area contributed by atoms with E-state index in [0.29, 0.717) is 37.8 Å². The van der Waals surface area contributed by atoms with Crippen molar-refractivity contribution < 1.29 is 27.7 Å². The highest BCUT2D eigenvalue weighted by Gasteiger charge is 2.22. The fourth-order valence-electron chi connectivity index (χ4n) is 3.24. The lowest BCUT2D eigenvalue weighted by Crippen LogP contribution is -2.49. The van der Waals surface area contributed by atoms with Crippen LogP contribution in [0.1, 0.15) is 12.3 Å². The van der Waals surface area contributed by atoms with Gasteiger partial charge in [0, 0.05) is 38.3 Å². The molecule has 1 amide bonds. The van der Waals surface area contributed by atoms with Gasteiger partial charge in [0.2, 0.25) is 11.7 Å². The number of hydrogen-bond donors (Lipinski definition) is 0. The maximum absolute atomic E-state index is 13.1. The van der Waals surface area contributed by atoms with Crippen molar-refractivity contribution in [3.05, 3.63) is 54.4 Å². The highest BCUT2D eigenvalue weighted by molar-refractivity contribution is 5.81. The molecule has 0 spiro atoms. The van der Waals surface area contributed by atoms with Gasteiger partial charge >= 0.3 is 5.97 Å². The molecule has 1 fully saturated rings. The first-order valence-electron chi connectivity index (χ1n) is 9.89. The van der Waals surface area contributed by atoms with Gasteiger partial charge in [-0.1, -0.05) is 5.16 Å². The van der Waals surface area contributed by atoms with Crippen LogP contribution in [0, 0.1) is 5.82 Å². The number of carbonyl (C=O) groups excluding carboxylic acids is 2. The third kappa shape index (κ3) is 5.27. The molecular formula is C21H21FN4O5. The quantitative estimate of drug-likeness (QED) is 0.529. The van der Waals surface area contributed by atoms with E-state index in [2.05, 4.69) is 15.0 Å². The number of benzene rings is 1. The van der Waals surface area contributed by atoms with E-state index in [9.17, 15) is 14.0 Å². The zero-order valence-corrected chi connectivity index (χ0v) is 16.7. The van der Waals surface area contributed by atoms with Gasteiger partial charge in [-0.05, 0) is 36.4 Å². The third-order valence-electron chi connectivity index (χ3n) is 4.93. The lowest BCUT2D eigenvalue weighted by atomic mass is 10.2. The first-order valence-corrected chi connectivity index (χ1v) is 9.89. The summed E-state index contributed by atoms with van der Waals surface area (Å²) < 4.78 is 28.4. The molecule has 31 heavy (non-hydrogen) atoms.